The lowest BCUT2D eigenvalue weighted by Gasteiger charge is -2.10. The van der Waals surface area contributed by atoms with Gasteiger partial charge in [-0.15, -0.1) is 0 Å². The van der Waals surface area contributed by atoms with Crippen LogP contribution >= 0.6 is 0 Å². The van der Waals surface area contributed by atoms with Gasteiger partial charge in [0.2, 0.25) is 5.88 Å². The molecule has 3 heterocycles. The second kappa shape index (κ2) is 9.25. The molecule has 0 saturated heterocycles. The minimum atomic E-state index is -4.50. The fourth-order valence-corrected chi connectivity index (χ4v) is 2.99. The Kier molecular flexibility index (Phi) is 6.21. The van der Waals surface area contributed by atoms with Crippen molar-refractivity contribution in [2.24, 2.45) is 0 Å². The zero-order chi connectivity index (χ0) is 24.3. The maximum atomic E-state index is 12.6. The molecule has 0 bridgehead atoms. The van der Waals surface area contributed by atoms with Crippen molar-refractivity contribution >= 4 is 22.9 Å². The number of hydrogen-bond acceptors (Lipinski definition) is 6. The number of nitrogens with one attached hydrogen (secondary N) is 2. The largest absolute Gasteiger partial charge is 0.437 e. The fourth-order valence-electron chi connectivity index (χ4n) is 2.99. The molecule has 12 heteroatoms. The SMILES string of the molecule is CN(C)c1cc2c(Oc3ccc(NC(=O)NCc4ccc(C(F)(F)F)nc4)cc3)ncnn2c1. The van der Waals surface area contributed by atoms with Crippen molar-refractivity contribution in [2.75, 3.05) is 24.3 Å². The summed E-state index contributed by atoms with van der Waals surface area (Å²) in [5, 5.41) is 9.39. The molecule has 2 N–H and O–H groups in total. The summed E-state index contributed by atoms with van der Waals surface area (Å²) in [5.74, 6) is 0.890. The van der Waals surface area contributed by atoms with Crippen LogP contribution in [-0.4, -0.2) is 39.7 Å². The van der Waals surface area contributed by atoms with E-state index >= 15 is 0 Å². The van der Waals surface area contributed by atoms with Gasteiger partial charge in [0, 0.05) is 32.5 Å². The Balaban J connectivity index is 1.34. The van der Waals surface area contributed by atoms with Crippen LogP contribution in [0.4, 0.5) is 29.3 Å². The van der Waals surface area contributed by atoms with Crippen molar-refractivity contribution in [1.82, 2.24) is 24.9 Å². The number of nitrogens with zero attached hydrogens (tertiary/aromatic N) is 5. The fraction of sp³-hybridized carbons (Fsp3) is 0.182. The second-order valence-electron chi connectivity index (χ2n) is 7.47. The van der Waals surface area contributed by atoms with Gasteiger partial charge >= 0.3 is 12.2 Å². The van der Waals surface area contributed by atoms with E-state index in [1.54, 1.807) is 28.8 Å². The molecule has 0 fully saturated rings. The molecule has 3 aromatic heterocycles. The molecule has 0 atom stereocenters. The number of benzene rings is 1. The molecule has 34 heavy (non-hydrogen) atoms. The van der Waals surface area contributed by atoms with Gasteiger partial charge in [0.05, 0.1) is 11.9 Å². The first kappa shape index (κ1) is 22.8. The van der Waals surface area contributed by atoms with Gasteiger partial charge in [-0.1, -0.05) is 6.07 Å². The molecule has 0 unspecified atom stereocenters. The Hall–Kier alpha value is -4.35. The van der Waals surface area contributed by atoms with E-state index in [2.05, 4.69) is 25.7 Å². The average molecular weight is 471 g/mol. The predicted octanol–water partition coefficient (Wildman–Crippen LogP) is 4.32. The minimum Gasteiger partial charge on any atom is -0.437 e. The lowest BCUT2D eigenvalue weighted by atomic mass is 10.2. The van der Waals surface area contributed by atoms with Gasteiger partial charge in [0.15, 0.2) is 0 Å². The van der Waals surface area contributed by atoms with Crippen molar-refractivity contribution in [3.63, 3.8) is 0 Å². The Morgan fingerprint density at radius 3 is 2.53 bits per heavy atom. The number of urea groups is 1. The van der Waals surface area contributed by atoms with Gasteiger partial charge in [-0.05, 0) is 42.0 Å². The molecular weight excluding hydrogens is 451 g/mol. The van der Waals surface area contributed by atoms with Gasteiger partial charge in [-0.25, -0.2) is 9.31 Å². The zero-order valence-corrected chi connectivity index (χ0v) is 18.2. The Morgan fingerprint density at radius 1 is 1.12 bits per heavy atom. The number of hydrogen-bond donors (Lipinski definition) is 2. The van der Waals surface area contributed by atoms with Crippen LogP contribution in [0.15, 0.2) is 61.2 Å². The predicted molar refractivity (Wildman–Crippen MR) is 119 cm³/mol. The van der Waals surface area contributed by atoms with Gasteiger partial charge < -0.3 is 20.3 Å². The van der Waals surface area contributed by atoms with E-state index < -0.39 is 17.9 Å². The molecule has 0 saturated carbocycles. The van der Waals surface area contributed by atoms with Crippen LogP contribution in [0.3, 0.4) is 0 Å². The molecular formula is C22H20F3N7O2. The number of amides is 2. The molecule has 2 amide bonds. The van der Waals surface area contributed by atoms with Crippen LogP contribution in [0, 0.1) is 0 Å². The maximum Gasteiger partial charge on any atom is 0.433 e. The maximum absolute atomic E-state index is 12.6. The van der Waals surface area contributed by atoms with Crippen LogP contribution in [0.1, 0.15) is 11.3 Å². The number of rotatable bonds is 6. The molecule has 9 nitrogen and oxygen atoms in total. The van der Waals surface area contributed by atoms with Crippen LogP contribution in [0.5, 0.6) is 11.6 Å². The number of carbonyl (C=O) groups excluding carboxylic acids is 1. The van der Waals surface area contributed by atoms with E-state index in [4.69, 9.17) is 4.74 Å². The van der Waals surface area contributed by atoms with Crippen molar-refractivity contribution < 1.29 is 22.7 Å². The van der Waals surface area contributed by atoms with E-state index in [9.17, 15) is 18.0 Å². The second-order valence-corrected chi connectivity index (χ2v) is 7.47. The molecule has 0 aliphatic heterocycles. The van der Waals surface area contributed by atoms with Gasteiger partial charge in [-0.3, -0.25) is 4.98 Å². The van der Waals surface area contributed by atoms with E-state index in [0.717, 1.165) is 18.0 Å². The van der Waals surface area contributed by atoms with E-state index in [0.29, 0.717) is 28.4 Å². The smallest absolute Gasteiger partial charge is 0.433 e. The summed E-state index contributed by atoms with van der Waals surface area (Å²) < 4.78 is 45.2. The molecule has 0 aliphatic rings. The number of fused-ring (bicyclic) bond motifs is 1. The average Bonchev–Trinajstić information content (AvgIpc) is 3.25. The molecule has 4 aromatic rings. The molecule has 0 aliphatic carbocycles. The standard InChI is InChI=1S/C22H20F3N7O2/c1-31(2)16-9-18-20(28-13-29-32(18)12-16)34-17-6-4-15(5-7-17)30-21(33)27-11-14-3-8-19(26-10-14)22(23,24)25/h3-10,12-13H,11H2,1-2H3,(H2,27,30,33). The molecule has 176 valence electrons. The van der Waals surface area contributed by atoms with Crippen molar-refractivity contribution in [3.05, 3.63) is 72.4 Å². The summed E-state index contributed by atoms with van der Waals surface area (Å²) in [4.78, 5) is 21.6. The van der Waals surface area contributed by atoms with E-state index in [1.807, 2.05) is 31.3 Å². The first-order chi connectivity index (χ1) is 16.2. The van der Waals surface area contributed by atoms with Gasteiger partial charge in [0.25, 0.3) is 0 Å². The highest BCUT2D eigenvalue weighted by molar-refractivity contribution is 5.89. The van der Waals surface area contributed by atoms with Crippen molar-refractivity contribution in [2.45, 2.75) is 12.7 Å². The summed E-state index contributed by atoms with van der Waals surface area (Å²) in [6.07, 6.45) is -0.174. The Morgan fingerprint density at radius 2 is 1.88 bits per heavy atom. The Bertz CT molecular complexity index is 1290. The van der Waals surface area contributed by atoms with Crippen molar-refractivity contribution in [1.29, 1.82) is 0 Å². The van der Waals surface area contributed by atoms with Crippen LogP contribution in [-0.2, 0) is 12.7 Å². The van der Waals surface area contributed by atoms with Crippen LogP contribution in [0.25, 0.3) is 5.52 Å². The first-order valence-corrected chi connectivity index (χ1v) is 10.0. The number of pyridine rings is 1. The number of aromatic nitrogens is 4. The highest BCUT2D eigenvalue weighted by Crippen LogP contribution is 2.28. The molecule has 1 aromatic carbocycles. The number of carbonyl (C=O) groups is 1. The molecule has 4 rings (SSSR count). The quantitative estimate of drug-likeness (QED) is 0.435. The van der Waals surface area contributed by atoms with Gasteiger partial charge in [-0.2, -0.15) is 23.3 Å². The highest BCUT2D eigenvalue weighted by Gasteiger charge is 2.31. The highest BCUT2D eigenvalue weighted by atomic mass is 19.4. The number of halogens is 3. The number of alkyl halides is 3. The number of anilines is 2. The molecule has 0 radical (unpaired) electrons. The topological polar surface area (TPSA) is 96.7 Å². The summed E-state index contributed by atoms with van der Waals surface area (Å²) in [6, 6.07) is 10.2. The van der Waals surface area contributed by atoms with Crippen LogP contribution < -0.4 is 20.3 Å². The monoisotopic (exact) mass is 471 g/mol. The summed E-state index contributed by atoms with van der Waals surface area (Å²) in [5.41, 5.74) is 1.60. The third-order valence-electron chi connectivity index (χ3n) is 4.77. The molecule has 0 spiro atoms. The van der Waals surface area contributed by atoms with Crippen LogP contribution in [0.2, 0.25) is 0 Å². The van der Waals surface area contributed by atoms with E-state index in [-0.39, 0.29) is 6.54 Å². The lowest BCUT2D eigenvalue weighted by molar-refractivity contribution is -0.141. The third kappa shape index (κ3) is 5.34. The van der Waals surface area contributed by atoms with Crippen molar-refractivity contribution in [3.8, 4) is 11.6 Å². The summed E-state index contributed by atoms with van der Waals surface area (Å²) in [7, 11) is 3.84. The van der Waals surface area contributed by atoms with Gasteiger partial charge in [0.1, 0.15) is 23.3 Å². The summed E-state index contributed by atoms with van der Waals surface area (Å²) in [6.45, 7) is 0.0220. The number of ether oxygens (including phenoxy) is 1. The van der Waals surface area contributed by atoms with E-state index in [1.165, 1.54) is 12.4 Å². The Labute approximate surface area is 192 Å². The normalized spacial score (nSPS) is 11.3. The first-order valence-electron chi connectivity index (χ1n) is 10.0. The minimum absolute atomic E-state index is 0.0220. The zero-order valence-electron chi connectivity index (χ0n) is 18.2. The summed E-state index contributed by atoms with van der Waals surface area (Å²) >= 11 is 0. The lowest BCUT2D eigenvalue weighted by Crippen LogP contribution is -2.28. The third-order valence-corrected chi connectivity index (χ3v) is 4.77.